The van der Waals surface area contributed by atoms with Crippen molar-refractivity contribution < 1.29 is 19.1 Å². The molecular formula is C26H40O4Si. The molecule has 4 nitrogen and oxygen atoms in total. The number of carboxylic acid groups (broad SMARTS) is 1. The SMILES string of the molecule is C=Cc1ccc2c(c1)C(C)C(C(=O)O)(C(C)OC)C=C2O[Si](C(C)C)(C(C)C)C(C)C. The number of carbonyl (C=O) groups is 1. The van der Waals surface area contributed by atoms with Gasteiger partial charge in [0.2, 0.25) is 0 Å². The lowest BCUT2D eigenvalue weighted by molar-refractivity contribution is -0.154. The van der Waals surface area contributed by atoms with Gasteiger partial charge in [-0.3, -0.25) is 4.79 Å². The number of rotatable bonds is 9. The summed E-state index contributed by atoms with van der Waals surface area (Å²) in [5.74, 6) is -0.482. The first-order chi connectivity index (χ1) is 14.4. The highest BCUT2D eigenvalue weighted by Gasteiger charge is 2.54. The molecule has 0 saturated heterocycles. The second-order valence-corrected chi connectivity index (χ2v) is 15.2. The Morgan fingerprint density at radius 1 is 1.13 bits per heavy atom. The van der Waals surface area contributed by atoms with Crippen LogP contribution >= 0.6 is 0 Å². The Labute approximate surface area is 189 Å². The summed E-state index contributed by atoms with van der Waals surface area (Å²) in [4.78, 5) is 12.8. The van der Waals surface area contributed by atoms with Gasteiger partial charge in [-0.05, 0) is 40.8 Å². The number of methoxy groups -OCH3 is 1. The first-order valence-corrected chi connectivity index (χ1v) is 13.5. The highest BCUT2D eigenvalue weighted by Crippen LogP contribution is 2.52. The van der Waals surface area contributed by atoms with Crippen LogP contribution in [-0.2, 0) is 14.0 Å². The number of ether oxygens (including phenoxy) is 1. The molecule has 1 N–H and O–H groups in total. The summed E-state index contributed by atoms with van der Waals surface area (Å²) >= 11 is 0. The zero-order valence-electron chi connectivity index (χ0n) is 20.7. The molecule has 1 aliphatic carbocycles. The Morgan fingerprint density at radius 2 is 1.68 bits per heavy atom. The number of fused-ring (bicyclic) bond motifs is 1. The molecule has 0 aliphatic heterocycles. The molecule has 2 rings (SSSR count). The molecular weight excluding hydrogens is 404 g/mol. The van der Waals surface area contributed by atoms with Gasteiger partial charge in [-0.25, -0.2) is 0 Å². The van der Waals surface area contributed by atoms with Gasteiger partial charge < -0.3 is 14.3 Å². The third-order valence-corrected chi connectivity index (χ3v) is 13.5. The van der Waals surface area contributed by atoms with Crippen molar-refractivity contribution >= 4 is 26.1 Å². The molecule has 3 atom stereocenters. The van der Waals surface area contributed by atoms with Crippen molar-refractivity contribution in [1.82, 2.24) is 0 Å². The van der Waals surface area contributed by atoms with Crippen molar-refractivity contribution in [1.29, 1.82) is 0 Å². The zero-order valence-corrected chi connectivity index (χ0v) is 21.7. The molecule has 0 saturated carbocycles. The molecule has 0 aromatic heterocycles. The predicted octanol–water partition coefficient (Wildman–Crippen LogP) is 7.09. The van der Waals surface area contributed by atoms with Crippen LogP contribution < -0.4 is 0 Å². The normalized spacial score (nSPS) is 22.3. The molecule has 0 bridgehead atoms. The Morgan fingerprint density at radius 3 is 2.10 bits per heavy atom. The summed E-state index contributed by atoms with van der Waals surface area (Å²) in [6.07, 6.45) is 3.12. The molecule has 0 radical (unpaired) electrons. The lowest BCUT2D eigenvalue weighted by atomic mass is 9.65. The molecule has 0 heterocycles. The van der Waals surface area contributed by atoms with Crippen LogP contribution in [0.15, 0.2) is 30.9 Å². The summed E-state index contributed by atoms with van der Waals surface area (Å²) in [5.41, 5.74) is 2.84. The number of hydrogen-bond acceptors (Lipinski definition) is 3. The van der Waals surface area contributed by atoms with Crippen molar-refractivity contribution in [2.75, 3.05) is 7.11 Å². The summed E-state index contributed by atoms with van der Waals surface area (Å²) in [7, 11) is -0.721. The minimum Gasteiger partial charge on any atom is -0.542 e. The monoisotopic (exact) mass is 444 g/mol. The van der Waals surface area contributed by atoms with Crippen molar-refractivity contribution in [3.05, 3.63) is 47.5 Å². The van der Waals surface area contributed by atoms with Crippen LogP contribution in [0.5, 0.6) is 0 Å². The molecule has 0 fully saturated rings. The smallest absolute Gasteiger partial charge is 0.316 e. The molecule has 0 spiro atoms. The van der Waals surface area contributed by atoms with E-state index in [1.807, 2.05) is 32.1 Å². The maximum atomic E-state index is 12.8. The van der Waals surface area contributed by atoms with Gasteiger partial charge >= 0.3 is 5.97 Å². The summed E-state index contributed by atoms with van der Waals surface area (Å²) in [6.45, 7) is 21.1. The quantitative estimate of drug-likeness (QED) is 0.413. The van der Waals surface area contributed by atoms with E-state index in [9.17, 15) is 9.90 Å². The van der Waals surface area contributed by atoms with Gasteiger partial charge in [0.05, 0.1) is 6.10 Å². The van der Waals surface area contributed by atoms with E-state index in [0.29, 0.717) is 22.4 Å². The predicted molar refractivity (Wildman–Crippen MR) is 132 cm³/mol. The second kappa shape index (κ2) is 9.33. The third-order valence-electron chi connectivity index (χ3n) is 7.52. The van der Waals surface area contributed by atoms with E-state index < -0.39 is 25.8 Å². The summed E-state index contributed by atoms with van der Waals surface area (Å²) in [5, 5.41) is 10.5. The second-order valence-electron chi connectivity index (χ2n) is 9.82. The molecule has 1 aromatic carbocycles. The lowest BCUT2D eigenvalue weighted by Crippen LogP contribution is -2.50. The summed E-state index contributed by atoms with van der Waals surface area (Å²) in [6, 6.07) is 6.12. The van der Waals surface area contributed by atoms with E-state index in [1.165, 1.54) is 0 Å². The average molecular weight is 445 g/mol. The van der Waals surface area contributed by atoms with Gasteiger partial charge in [0.15, 0.2) is 0 Å². The highest BCUT2D eigenvalue weighted by molar-refractivity contribution is 6.78. The standard InChI is InChI=1S/C26H40O4Si/c1-11-21-12-13-22-23(14-21)19(8)26(25(27)28,20(9)29-10)15-24(22)30-31(16(2)3,17(4)5)18(6)7/h11-20H,1H2,2-10H3,(H,27,28). The number of aliphatic carboxylic acids is 1. The molecule has 31 heavy (non-hydrogen) atoms. The van der Waals surface area contributed by atoms with Crippen molar-refractivity contribution in [3.63, 3.8) is 0 Å². The molecule has 3 unspecified atom stereocenters. The lowest BCUT2D eigenvalue weighted by Gasteiger charge is -2.47. The van der Waals surface area contributed by atoms with E-state index in [0.717, 1.165) is 16.7 Å². The van der Waals surface area contributed by atoms with E-state index in [-0.39, 0.29) is 5.92 Å². The minimum absolute atomic E-state index is 0.282. The Kier molecular flexibility index (Phi) is 7.65. The zero-order chi connectivity index (χ0) is 23.7. The molecule has 5 heteroatoms. The van der Waals surface area contributed by atoms with Crippen molar-refractivity contribution in [3.8, 4) is 0 Å². The van der Waals surface area contributed by atoms with Crippen LogP contribution in [0.25, 0.3) is 11.8 Å². The third kappa shape index (κ3) is 4.02. The van der Waals surface area contributed by atoms with Gasteiger partial charge in [0.1, 0.15) is 11.2 Å². The van der Waals surface area contributed by atoms with Crippen LogP contribution in [0.3, 0.4) is 0 Å². The maximum absolute atomic E-state index is 12.8. The molecule has 1 aliphatic rings. The van der Waals surface area contributed by atoms with Gasteiger partial charge in [-0.2, -0.15) is 0 Å². The van der Waals surface area contributed by atoms with E-state index in [2.05, 4.69) is 54.2 Å². The van der Waals surface area contributed by atoms with Gasteiger partial charge in [0, 0.05) is 18.6 Å². The number of benzene rings is 1. The Bertz CT molecular complexity index is 833. The fraction of sp³-hybridized carbons (Fsp3) is 0.577. The maximum Gasteiger partial charge on any atom is 0.316 e. The van der Waals surface area contributed by atoms with E-state index in [4.69, 9.17) is 9.16 Å². The largest absolute Gasteiger partial charge is 0.542 e. The fourth-order valence-electron chi connectivity index (χ4n) is 5.68. The van der Waals surface area contributed by atoms with Gasteiger partial charge in [0.25, 0.3) is 8.32 Å². The summed E-state index contributed by atoms with van der Waals surface area (Å²) < 4.78 is 12.7. The first kappa shape index (κ1) is 25.4. The van der Waals surface area contributed by atoms with Crippen LogP contribution in [0, 0.1) is 5.41 Å². The Hall–Kier alpha value is -1.85. The van der Waals surface area contributed by atoms with Crippen LogP contribution in [0.1, 0.15) is 78.0 Å². The number of hydrogen-bond donors (Lipinski definition) is 1. The first-order valence-electron chi connectivity index (χ1n) is 11.3. The minimum atomic E-state index is -2.29. The van der Waals surface area contributed by atoms with Gasteiger partial charge in [-0.15, -0.1) is 0 Å². The highest BCUT2D eigenvalue weighted by atomic mass is 28.4. The van der Waals surface area contributed by atoms with Gasteiger partial charge in [-0.1, -0.05) is 79.3 Å². The molecule has 172 valence electrons. The fourth-order valence-corrected chi connectivity index (χ4v) is 10.9. The van der Waals surface area contributed by atoms with Crippen molar-refractivity contribution in [2.24, 2.45) is 5.41 Å². The van der Waals surface area contributed by atoms with E-state index in [1.54, 1.807) is 13.2 Å². The topological polar surface area (TPSA) is 55.8 Å². The number of carboxylic acids is 1. The van der Waals surface area contributed by atoms with Crippen LogP contribution in [-0.4, -0.2) is 32.6 Å². The molecule has 1 aromatic rings. The van der Waals surface area contributed by atoms with Crippen LogP contribution in [0.4, 0.5) is 0 Å². The van der Waals surface area contributed by atoms with Crippen molar-refractivity contribution in [2.45, 2.75) is 84.0 Å². The molecule has 0 amide bonds. The van der Waals surface area contributed by atoms with Crippen LogP contribution in [0.2, 0.25) is 16.6 Å². The van der Waals surface area contributed by atoms with E-state index >= 15 is 0 Å². The average Bonchev–Trinajstić information content (AvgIpc) is 2.71. The Balaban J connectivity index is 2.86.